The van der Waals surface area contributed by atoms with Crippen molar-refractivity contribution < 1.29 is 44.9 Å². The van der Waals surface area contributed by atoms with Gasteiger partial charge in [-0.3, -0.25) is 0 Å². The summed E-state index contributed by atoms with van der Waals surface area (Å²) in [5.74, 6) is -9.78. The molecule has 1 saturated heterocycles. The summed E-state index contributed by atoms with van der Waals surface area (Å²) in [7, 11) is 0. The number of halogens is 7. The van der Waals surface area contributed by atoms with Gasteiger partial charge in [-0.1, -0.05) is 19.8 Å². The van der Waals surface area contributed by atoms with Crippen molar-refractivity contribution in [2.75, 3.05) is 19.8 Å². The van der Waals surface area contributed by atoms with Gasteiger partial charge in [0.15, 0.2) is 41.1 Å². The van der Waals surface area contributed by atoms with Crippen molar-refractivity contribution >= 4 is 0 Å². The first-order valence-corrected chi connectivity index (χ1v) is 12.2. The molecule has 3 aromatic carbocycles. The van der Waals surface area contributed by atoms with Gasteiger partial charge in [0.1, 0.15) is 11.6 Å². The Morgan fingerprint density at radius 3 is 1.87 bits per heavy atom. The Morgan fingerprint density at radius 2 is 1.32 bits per heavy atom. The van der Waals surface area contributed by atoms with E-state index in [4.69, 9.17) is 14.2 Å². The normalized spacial score (nSPS) is 17.6. The highest BCUT2D eigenvalue weighted by molar-refractivity contribution is 5.65. The van der Waals surface area contributed by atoms with Crippen LogP contribution in [0.1, 0.15) is 43.6 Å². The average molecular weight is 542 g/mol. The van der Waals surface area contributed by atoms with E-state index < -0.39 is 69.8 Å². The third kappa shape index (κ3) is 6.30. The fourth-order valence-electron chi connectivity index (χ4n) is 4.21. The highest BCUT2D eigenvalue weighted by Crippen LogP contribution is 2.34. The van der Waals surface area contributed by atoms with Gasteiger partial charge in [-0.25, -0.2) is 30.7 Å². The quantitative estimate of drug-likeness (QED) is 0.157. The minimum absolute atomic E-state index is 0.00236. The van der Waals surface area contributed by atoms with E-state index in [0.29, 0.717) is 24.1 Å². The van der Waals surface area contributed by atoms with E-state index in [2.05, 4.69) is 0 Å². The van der Waals surface area contributed by atoms with Crippen LogP contribution in [0.4, 0.5) is 30.7 Å². The largest absolute Gasteiger partial charge is 0.487 e. The molecule has 0 saturated carbocycles. The van der Waals surface area contributed by atoms with Gasteiger partial charge in [-0.05, 0) is 60.4 Å². The van der Waals surface area contributed by atoms with Crippen LogP contribution in [-0.4, -0.2) is 19.8 Å². The van der Waals surface area contributed by atoms with E-state index in [1.54, 1.807) is 0 Å². The first-order valence-electron chi connectivity index (χ1n) is 12.2. The molecule has 0 N–H and O–H groups in total. The molecular weight excluding hydrogens is 517 g/mol. The van der Waals surface area contributed by atoms with Crippen LogP contribution in [0.2, 0.25) is 0 Å². The molecule has 38 heavy (non-hydrogen) atoms. The van der Waals surface area contributed by atoms with E-state index >= 15 is 0 Å². The molecule has 0 bridgehead atoms. The van der Waals surface area contributed by atoms with Crippen LogP contribution in [0.25, 0.3) is 11.1 Å². The SMILES string of the molecule is CCCCCc1cc(F)c(OCC2COC(c3cc(F)c(-c4cc(F)c(F)c(F)c4)c(F)c3)OC2)c(F)c1. The number of hydrogen-bond acceptors (Lipinski definition) is 3. The zero-order valence-electron chi connectivity index (χ0n) is 20.4. The molecule has 10 heteroatoms. The fourth-order valence-corrected chi connectivity index (χ4v) is 4.21. The van der Waals surface area contributed by atoms with Crippen molar-refractivity contribution in [3.8, 4) is 16.9 Å². The van der Waals surface area contributed by atoms with Crippen LogP contribution in [0.15, 0.2) is 36.4 Å². The number of benzene rings is 3. The monoisotopic (exact) mass is 542 g/mol. The summed E-state index contributed by atoms with van der Waals surface area (Å²) >= 11 is 0. The summed E-state index contributed by atoms with van der Waals surface area (Å²) < 4.78 is 115. The highest BCUT2D eigenvalue weighted by atomic mass is 19.2. The Labute approximate surface area is 215 Å². The average Bonchev–Trinajstić information content (AvgIpc) is 2.87. The van der Waals surface area contributed by atoms with Crippen LogP contribution in [0.3, 0.4) is 0 Å². The smallest absolute Gasteiger partial charge is 0.194 e. The summed E-state index contributed by atoms with van der Waals surface area (Å²) in [5, 5.41) is 0. The van der Waals surface area contributed by atoms with E-state index in [1.807, 2.05) is 6.92 Å². The lowest BCUT2D eigenvalue weighted by atomic mass is 10.0. The molecule has 4 rings (SSSR count). The van der Waals surface area contributed by atoms with E-state index in [-0.39, 0.29) is 25.4 Å². The molecule has 204 valence electrons. The van der Waals surface area contributed by atoms with Gasteiger partial charge in [0.05, 0.1) is 25.4 Å². The predicted molar refractivity (Wildman–Crippen MR) is 125 cm³/mol. The third-order valence-corrected chi connectivity index (χ3v) is 6.17. The number of hydrogen-bond donors (Lipinski definition) is 0. The molecule has 0 atom stereocenters. The fraction of sp³-hybridized carbons (Fsp3) is 0.357. The second kappa shape index (κ2) is 12.2. The van der Waals surface area contributed by atoms with Crippen molar-refractivity contribution in [1.29, 1.82) is 0 Å². The van der Waals surface area contributed by atoms with E-state index in [1.165, 1.54) is 12.1 Å². The van der Waals surface area contributed by atoms with Gasteiger partial charge in [-0.2, -0.15) is 0 Å². The lowest BCUT2D eigenvalue weighted by molar-refractivity contribution is -0.209. The maximum absolute atomic E-state index is 14.7. The van der Waals surface area contributed by atoms with Crippen LogP contribution in [-0.2, 0) is 15.9 Å². The number of unbranched alkanes of at least 4 members (excludes halogenated alkanes) is 2. The molecule has 0 amide bonds. The second-order valence-electron chi connectivity index (χ2n) is 9.13. The Bertz CT molecular complexity index is 1220. The zero-order chi connectivity index (χ0) is 27.4. The summed E-state index contributed by atoms with van der Waals surface area (Å²) in [6.45, 7) is 1.91. The van der Waals surface area contributed by atoms with Crippen LogP contribution < -0.4 is 4.74 Å². The van der Waals surface area contributed by atoms with E-state index in [9.17, 15) is 30.7 Å². The first kappa shape index (κ1) is 27.9. The third-order valence-electron chi connectivity index (χ3n) is 6.17. The molecule has 3 aromatic rings. The van der Waals surface area contributed by atoms with Gasteiger partial charge >= 0.3 is 0 Å². The first-order chi connectivity index (χ1) is 18.2. The van der Waals surface area contributed by atoms with Gasteiger partial charge in [0.25, 0.3) is 0 Å². The summed E-state index contributed by atoms with van der Waals surface area (Å²) in [5.41, 5.74) is -0.747. The molecule has 0 aromatic heterocycles. The van der Waals surface area contributed by atoms with Gasteiger partial charge < -0.3 is 14.2 Å². The summed E-state index contributed by atoms with van der Waals surface area (Å²) in [4.78, 5) is 0. The maximum Gasteiger partial charge on any atom is 0.194 e. The highest BCUT2D eigenvalue weighted by Gasteiger charge is 2.27. The molecule has 1 aliphatic heterocycles. The lowest BCUT2D eigenvalue weighted by Crippen LogP contribution is -2.31. The standard InChI is InChI=1S/C28H25F7O3/c1-2-3-4-5-15-6-23(33)27(24(34)7-15)36-12-16-13-37-28(38-14-16)18-10-19(29)25(20(30)11-18)17-8-21(31)26(35)22(32)9-17/h6-11,16,28H,2-5,12-14H2,1H3. The van der Waals surface area contributed by atoms with E-state index in [0.717, 1.165) is 31.4 Å². The van der Waals surface area contributed by atoms with Crippen molar-refractivity contribution in [3.63, 3.8) is 0 Å². The minimum atomic E-state index is -1.75. The van der Waals surface area contributed by atoms with Crippen molar-refractivity contribution in [2.24, 2.45) is 5.92 Å². The molecule has 0 aliphatic carbocycles. The Kier molecular flexibility index (Phi) is 8.94. The van der Waals surface area contributed by atoms with Crippen LogP contribution >= 0.6 is 0 Å². The molecule has 1 aliphatic rings. The zero-order valence-corrected chi connectivity index (χ0v) is 20.4. The van der Waals surface area contributed by atoms with Crippen LogP contribution in [0.5, 0.6) is 5.75 Å². The van der Waals surface area contributed by atoms with Crippen molar-refractivity contribution in [2.45, 2.75) is 38.9 Å². The number of rotatable bonds is 9. The van der Waals surface area contributed by atoms with Gasteiger partial charge in [0.2, 0.25) is 0 Å². The molecule has 1 fully saturated rings. The van der Waals surface area contributed by atoms with Crippen molar-refractivity contribution in [1.82, 2.24) is 0 Å². The Balaban J connectivity index is 1.37. The van der Waals surface area contributed by atoms with Crippen LogP contribution in [0, 0.1) is 46.6 Å². The lowest BCUT2D eigenvalue weighted by Gasteiger charge is -2.29. The number of aryl methyl sites for hydroxylation is 1. The molecule has 1 heterocycles. The molecule has 0 radical (unpaired) electrons. The molecule has 3 nitrogen and oxygen atoms in total. The molecule has 0 unspecified atom stereocenters. The Hall–Kier alpha value is -3.11. The second-order valence-corrected chi connectivity index (χ2v) is 9.13. The Morgan fingerprint density at radius 1 is 0.737 bits per heavy atom. The summed E-state index contributed by atoms with van der Waals surface area (Å²) in [6, 6.07) is 5.24. The molecule has 0 spiro atoms. The van der Waals surface area contributed by atoms with Gasteiger partial charge in [0, 0.05) is 11.5 Å². The van der Waals surface area contributed by atoms with Crippen molar-refractivity contribution in [3.05, 3.63) is 88.2 Å². The topological polar surface area (TPSA) is 27.7 Å². The predicted octanol–water partition coefficient (Wildman–Crippen LogP) is 7.80. The minimum Gasteiger partial charge on any atom is -0.487 e. The maximum atomic E-state index is 14.7. The van der Waals surface area contributed by atoms with Gasteiger partial charge in [-0.15, -0.1) is 0 Å². The molecular formula is C28H25F7O3. The number of ether oxygens (including phenoxy) is 3. The summed E-state index contributed by atoms with van der Waals surface area (Å²) in [6.07, 6.45) is 2.18.